The molecule has 1 saturated heterocycles. The van der Waals surface area contributed by atoms with Gasteiger partial charge in [-0.25, -0.2) is 0 Å². The van der Waals surface area contributed by atoms with Crippen LogP contribution in [0.25, 0.3) is 0 Å². The fourth-order valence-electron chi connectivity index (χ4n) is 1.18. The van der Waals surface area contributed by atoms with Gasteiger partial charge >= 0.3 is 16.0 Å². The number of nitrogens with one attached hydrogen (secondary N) is 1. The van der Waals surface area contributed by atoms with E-state index in [9.17, 15) is 4.79 Å². The Labute approximate surface area is 106 Å². The monoisotopic (exact) mass is 266 g/mol. The Balaban J connectivity index is 0. The number of hydrogen-bond acceptors (Lipinski definition) is 5. The lowest BCUT2D eigenvalue weighted by Gasteiger charge is -1.98. The van der Waals surface area contributed by atoms with E-state index in [0.717, 1.165) is 5.92 Å². The fourth-order valence-corrected chi connectivity index (χ4v) is 1.42. The minimum absolute atomic E-state index is 0.278. The van der Waals surface area contributed by atoms with Crippen LogP contribution in [0.5, 0.6) is 0 Å². The summed E-state index contributed by atoms with van der Waals surface area (Å²) in [5.41, 5.74) is 4.57. The highest BCUT2D eigenvalue weighted by atomic mass is 28.3. The van der Waals surface area contributed by atoms with E-state index < -0.39 is 16.0 Å². The molecule has 0 radical (unpaired) electrons. The first-order valence-electron chi connectivity index (χ1n) is 5.72. The largest absolute Gasteiger partial charge is 0.480 e. The summed E-state index contributed by atoms with van der Waals surface area (Å²) in [4.78, 5) is 9.24. The molecule has 0 saturated carbocycles. The molecular weight excluding hydrogens is 240 g/mol. The van der Waals surface area contributed by atoms with E-state index in [-0.39, 0.29) is 6.54 Å². The summed E-state index contributed by atoms with van der Waals surface area (Å²) in [6.07, 6.45) is 2.75. The third kappa shape index (κ3) is 18.1. The highest BCUT2D eigenvalue weighted by molar-refractivity contribution is 6.17. The van der Waals surface area contributed by atoms with Crippen molar-refractivity contribution in [3.8, 4) is 0 Å². The number of hydrogen-bond donors (Lipinski definition) is 3. The SMILES string of the molecule is CCC1CCNC1.CO[SiH2]OC.NCC(=O)O. The smallest absolute Gasteiger partial charge is 0.317 e. The maximum Gasteiger partial charge on any atom is 0.317 e. The third-order valence-electron chi connectivity index (χ3n) is 2.15. The molecule has 104 valence electrons. The van der Waals surface area contributed by atoms with Crippen molar-refractivity contribution >= 4 is 16.0 Å². The summed E-state index contributed by atoms with van der Waals surface area (Å²) in [6, 6.07) is 0. The van der Waals surface area contributed by atoms with Crippen molar-refractivity contribution in [2.75, 3.05) is 33.9 Å². The van der Waals surface area contributed by atoms with E-state index in [1.165, 1.54) is 25.9 Å². The Hall–Kier alpha value is -0.473. The van der Waals surface area contributed by atoms with Crippen molar-refractivity contribution in [1.29, 1.82) is 0 Å². The lowest BCUT2D eigenvalue weighted by Crippen LogP contribution is -2.10. The number of carboxylic acid groups (broad SMARTS) is 1. The molecule has 0 aromatic rings. The highest BCUT2D eigenvalue weighted by Crippen LogP contribution is 2.09. The quantitative estimate of drug-likeness (QED) is 0.583. The van der Waals surface area contributed by atoms with Crippen molar-refractivity contribution in [3.05, 3.63) is 0 Å². The van der Waals surface area contributed by atoms with Gasteiger partial charge in [0.15, 0.2) is 0 Å². The van der Waals surface area contributed by atoms with Crippen LogP contribution >= 0.6 is 0 Å². The lowest BCUT2D eigenvalue weighted by molar-refractivity contribution is -0.135. The molecule has 1 heterocycles. The second-order valence-corrected chi connectivity index (χ2v) is 4.95. The molecule has 1 unspecified atom stereocenters. The van der Waals surface area contributed by atoms with Crippen LogP contribution in [0.2, 0.25) is 0 Å². The number of aliphatic carboxylic acids is 1. The highest BCUT2D eigenvalue weighted by Gasteiger charge is 2.10. The van der Waals surface area contributed by atoms with Crippen molar-refractivity contribution in [3.63, 3.8) is 0 Å². The van der Waals surface area contributed by atoms with E-state index in [1.807, 2.05) is 0 Å². The topological polar surface area (TPSA) is 93.8 Å². The van der Waals surface area contributed by atoms with Gasteiger partial charge in [-0.15, -0.1) is 0 Å². The zero-order chi connectivity index (χ0) is 13.5. The van der Waals surface area contributed by atoms with Gasteiger partial charge in [-0.3, -0.25) is 4.79 Å². The van der Waals surface area contributed by atoms with Gasteiger partial charge < -0.3 is 25.0 Å². The summed E-state index contributed by atoms with van der Waals surface area (Å²) < 4.78 is 9.22. The van der Waals surface area contributed by atoms with Gasteiger partial charge in [-0.1, -0.05) is 13.3 Å². The van der Waals surface area contributed by atoms with Crippen LogP contribution in [-0.2, 0) is 13.6 Å². The predicted octanol–water partition coefficient (Wildman–Crippen LogP) is -0.686. The number of carboxylic acids is 1. The Morgan fingerprint density at radius 3 is 2.18 bits per heavy atom. The average Bonchev–Trinajstić information content (AvgIpc) is 2.84. The minimum Gasteiger partial charge on any atom is -0.480 e. The van der Waals surface area contributed by atoms with Crippen molar-refractivity contribution < 1.29 is 18.8 Å². The van der Waals surface area contributed by atoms with Gasteiger partial charge in [0.1, 0.15) is 0 Å². The molecule has 0 amide bonds. The van der Waals surface area contributed by atoms with Crippen LogP contribution < -0.4 is 11.1 Å². The van der Waals surface area contributed by atoms with Gasteiger partial charge in [0.2, 0.25) is 0 Å². The minimum atomic E-state index is -0.968. The van der Waals surface area contributed by atoms with E-state index in [4.69, 9.17) is 5.11 Å². The molecule has 0 aromatic carbocycles. The van der Waals surface area contributed by atoms with E-state index in [2.05, 4.69) is 26.8 Å². The summed E-state index contributed by atoms with van der Waals surface area (Å²) in [5, 5.41) is 10.9. The Bertz CT molecular complexity index is 164. The molecular formula is C10H26N2O4Si. The van der Waals surface area contributed by atoms with Crippen LogP contribution in [0.3, 0.4) is 0 Å². The zero-order valence-corrected chi connectivity index (χ0v) is 12.5. The maximum atomic E-state index is 9.24. The molecule has 1 fully saturated rings. The van der Waals surface area contributed by atoms with Gasteiger partial charge in [0.05, 0.1) is 6.54 Å². The molecule has 1 rings (SSSR count). The summed E-state index contributed by atoms with van der Waals surface area (Å²) >= 11 is 0. The Kier molecular flexibility index (Phi) is 17.2. The molecule has 0 spiro atoms. The average molecular weight is 266 g/mol. The Morgan fingerprint density at radius 2 is 2.06 bits per heavy atom. The normalized spacial score (nSPS) is 17.5. The van der Waals surface area contributed by atoms with Crippen molar-refractivity contribution in [2.24, 2.45) is 11.7 Å². The summed E-state index contributed by atoms with van der Waals surface area (Å²) in [7, 11) is 2.73. The molecule has 0 aliphatic carbocycles. The number of nitrogens with two attached hydrogens (primary N) is 1. The second kappa shape index (κ2) is 15.5. The third-order valence-corrected chi connectivity index (χ3v) is 2.62. The van der Waals surface area contributed by atoms with E-state index in [0.29, 0.717) is 0 Å². The molecule has 0 aromatic heterocycles. The second-order valence-electron chi connectivity index (χ2n) is 3.56. The van der Waals surface area contributed by atoms with Crippen LogP contribution in [0.4, 0.5) is 0 Å². The molecule has 1 aliphatic heterocycles. The molecule has 4 N–H and O–H groups in total. The molecule has 1 atom stereocenters. The summed E-state index contributed by atoms with van der Waals surface area (Å²) in [6.45, 7) is 4.49. The lowest BCUT2D eigenvalue weighted by atomic mass is 10.1. The van der Waals surface area contributed by atoms with Gasteiger partial charge in [0.25, 0.3) is 0 Å². The molecule has 7 heteroatoms. The first kappa shape index (κ1) is 18.9. The van der Waals surface area contributed by atoms with Crippen LogP contribution in [0.15, 0.2) is 0 Å². The fraction of sp³-hybridized carbons (Fsp3) is 0.900. The maximum absolute atomic E-state index is 9.24. The number of rotatable bonds is 4. The first-order valence-corrected chi connectivity index (χ1v) is 6.88. The molecule has 1 aliphatic rings. The van der Waals surface area contributed by atoms with Crippen LogP contribution in [0, 0.1) is 5.92 Å². The van der Waals surface area contributed by atoms with E-state index in [1.54, 1.807) is 14.2 Å². The van der Waals surface area contributed by atoms with E-state index >= 15 is 0 Å². The Morgan fingerprint density at radius 1 is 1.53 bits per heavy atom. The molecule has 0 bridgehead atoms. The number of carbonyl (C=O) groups is 1. The summed E-state index contributed by atoms with van der Waals surface area (Å²) in [5.74, 6) is 0.0185. The zero-order valence-electron chi connectivity index (χ0n) is 11.1. The van der Waals surface area contributed by atoms with Crippen molar-refractivity contribution in [1.82, 2.24) is 5.32 Å². The first-order chi connectivity index (χ1) is 8.12. The van der Waals surface area contributed by atoms with Crippen LogP contribution in [0.1, 0.15) is 19.8 Å². The van der Waals surface area contributed by atoms with Gasteiger partial charge in [-0.05, 0) is 25.4 Å². The molecule has 6 nitrogen and oxygen atoms in total. The predicted molar refractivity (Wildman–Crippen MR) is 70.5 cm³/mol. The standard InChI is InChI=1S/C6H13N.C2H5NO2.C2H8O2Si/c1-2-6-3-4-7-5-6;3-1-2(4)5;1-3-5-4-2/h6-7H,2-5H2,1H3;1,3H2,(H,4,5);5H2,1-2H3. The molecule has 17 heavy (non-hydrogen) atoms. The van der Waals surface area contributed by atoms with Crippen molar-refractivity contribution in [2.45, 2.75) is 19.8 Å². The van der Waals surface area contributed by atoms with Crippen LogP contribution in [-0.4, -0.2) is 54.9 Å². The van der Waals surface area contributed by atoms with Gasteiger partial charge in [0, 0.05) is 14.2 Å². The van der Waals surface area contributed by atoms with Gasteiger partial charge in [-0.2, -0.15) is 0 Å².